The van der Waals surface area contributed by atoms with E-state index in [1.54, 1.807) is 6.92 Å². The van der Waals surface area contributed by atoms with Gasteiger partial charge in [0.05, 0.1) is 20.3 Å². The van der Waals surface area contributed by atoms with Crippen LogP contribution in [0.15, 0.2) is 0 Å². The van der Waals surface area contributed by atoms with E-state index in [2.05, 4.69) is 4.74 Å². The van der Waals surface area contributed by atoms with Crippen molar-refractivity contribution in [3.8, 4) is 0 Å². The maximum Gasteiger partial charge on any atom is 0.366 e. The fourth-order valence-corrected chi connectivity index (χ4v) is 2.38. The zero-order chi connectivity index (χ0) is 10.9. The molecule has 86 valence electrons. The van der Waals surface area contributed by atoms with Gasteiger partial charge in [0.2, 0.25) is 0 Å². The quantitative estimate of drug-likeness (QED) is 0.620. The highest BCUT2D eigenvalue weighted by molar-refractivity contribution is 5.77. The van der Waals surface area contributed by atoms with E-state index in [1.165, 1.54) is 20.0 Å². The third kappa shape index (κ3) is 1.88. The molecule has 2 fully saturated rings. The summed E-state index contributed by atoms with van der Waals surface area (Å²) < 4.78 is 15.8. The molecule has 2 aliphatic rings. The third-order valence-electron chi connectivity index (χ3n) is 3.53. The van der Waals surface area contributed by atoms with Crippen molar-refractivity contribution in [2.75, 3.05) is 20.3 Å². The van der Waals surface area contributed by atoms with Gasteiger partial charge in [-0.05, 0) is 12.8 Å². The van der Waals surface area contributed by atoms with Gasteiger partial charge in [0.25, 0.3) is 5.79 Å². The molecule has 1 spiro atoms. The second kappa shape index (κ2) is 3.76. The zero-order valence-corrected chi connectivity index (χ0v) is 9.38. The minimum Gasteiger partial charge on any atom is -0.465 e. The lowest BCUT2D eigenvalue weighted by Gasteiger charge is -2.41. The molecule has 15 heavy (non-hydrogen) atoms. The topological polar surface area (TPSA) is 44.8 Å². The van der Waals surface area contributed by atoms with Crippen molar-refractivity contribution in [3.63, 3.8) is 0 Å². The van der Waals surface area contributed by atoms with E-state index in [0.29, 0.717) is 13.2 Å². The average molecular weight is 214 g/mol. The van der Waals surface area contributed by atoms with E-state index >= 15 is 0 Å². The number of carbonyl (C=O) groups excluding carboxylic acids is 1. The highest BCUT2D eigenvalue weighted by Gasteiger charge is 2.48. The van der Waals surface area contributed by atoms with Crippen LogP contribution in [0.5, 0.6) is 0 Å². The number of hydrogen-bond acceptors (Lipinski definition) is 4. The van der Waals surface area contributed by atoms with Gasteiger partial charge in [-0.1, -0.05) is 12.8 Å². The van der Waals surface area contributed by atoms with E-state index in [0.717, 1.165) is 12.8 Å². The van der Waals surface area contributed by atoms with E-state index in [1.807, 2.05) is 0 Å². The van der Waals surface area contributed by atoms with Crippen LogP contribution in [0.3, 0.4) is 0 Å². The first-order chi connectivity index (χ1) is 7.10. The fraction of sp³-hybridized carbons (Fsp3) is 0.909. The van der Waals surface area contributed by atoms with Crippen LogP contribution in [0, 0.1) is 5.41 Å². The van der Waals surface area contributed by atoms with Crippen molar-refractivity contribution in [1.29, 1.82) is 0 Å². The van der Waals surface area contributed by atoms with Crippen LogP contribution in [-0.2, 0) is 19.0 Å². The lowest BCUT2D eigenvalue weighted by molar-refractivity contribution is -0.289. The first-order valence-electron chi connectivity index (χ1n) is 5.47. The van der Waals surface area contributed by atoms with E-state index in [9.17, 15) is 4.79 Å². The maximum absolute atomic E-state index is 11.4. The average Bonchev–Trinajstić information content (AvgIpc) is 2.71. The molecule has 4 heteroatoms. The van der Waals surface area contributed by atoms with Crippen molar-refractivity contribution in [2.45, 2.75) is 38.4 Å². The van der Waals surface area contributed by atoms with Gasteiger partial charge in [0.15, 0.2) is 0 Å². The van der Waals surface area contributed by atoms with Crippen molar-refractivity contribution in [3.05, 3.63) is 0 Å². The number of ether oxygens (including phenoxy) is 3. The Balaban J connectivity index is 1.99. The lowest BCUT2D eigenvalue weighted by Crippen LogP contribution is -2.52. The largest absolute Gasteiger partial charge is 0.465 e. The Kier molecular flexibility index (Phi) is 2.73. The van der Waals surface area contributed by atoms with Crippen molar-refractivity contribution < 1.29 is 19.0 Å². The Labute approximate surface area is 89.9 Å². The summed E-state index contributed by atoms with van der Waals surface area (Å²) in [4.78, 5) is 11.4. The van der Waals surface area contributed by atoms with E-state index in [4.69, 9.17) is 9.47 Å². The smallest absolute Gasteiger partial charge is 0.366 e. The first-order valence-corrected chi connectivity index (χ1v) is 5.47. The van der Waals surface area contributed by atoms with Crippen molar-refractivity contribution >= 4 is 5.97 Å². The molecule has 0 bridgehead atoms. The number of methoxy groups -OCH3 is 1. The second-order valence-electron chi connectivity index (χ2n) is 4.72. The van der Waals surface area contributed by atoms with Gasteiger partial charge >= 0.3 is 5.97 Å². The van der Waals surface area contributed by atoms with Crippen molar-refractivity contribution in [2.24, 2.45) is 5.41 Å². The van der Waals surface area contributed by atoms with Gasteiger partial charge in [0.1, 0.15) is 0 Å². The molecule has 0 aromatic heterocycles. The first kappa shape index (κ1) is 10.9. The molecule has 2 rings (SSSR count). The minimum atomic E-state index is -1.19. The van der Waals surface area contributed by atoms with Gasteiger partial charge in [-0.25, -0.2) is 4.79 Å². The molecule has 0 aromatic rings. The highest BCUT2D eigenvalue weighted by atomic mass is 16.7. The summed E-state index contributed by atoms with van der Waals surface area (Å²) in [7, 11) is 1.35. The Morgan fingerprint density at radius 2 is 1.73 bits per heavy atom. The zero-order valence-electron chi connectivity index (χ0n) is 9.38. The summed E-state index contributed by atoms with van der Waals surface area (Å²) in [5.41, 5.74) is 0.160. The third-order valence-corrected chi connectivity index (χ3v) is 3.53. The summed E-state index contributed by atoms with van der Waals surface area (Å²) in [6, 6.07) is 0. The number of hydrogen-bond donors (Lipinski definition) is 0. The van der Waals surface area contributed by atoms with Crippen LogP contribution < -0.4 is 0 Å². The standard InChI is InChI=1S/C11H18O4/c1-10(9(12)13-2)14-7-11(8-15-10)5-3-4-6-11/h3-8H2,1-2H3. The summed E-state index contributed by atoms with van der Waals surface area (Å²) in [6.45, 7) is 2.85. The van der Waals surface area contributed by atoms with Crippen LogP contribution >= 0.6 is 0 Å². The summed E-state index contributed by atoms with van der Waals surface area (Å²) >= 11 is 0. The van der Waals surface area contributed by atoms with Crippen LogP contribution in [0.1, 0.15) is 32.6 Å². The molecule has 0 aromatic carbocycles. The minimum absolute atomic E-state index is 0.160. The summed E-state index contributed by atoms with van der Waals surface area (Å²) in [5, 5.41) is 0. The molecule has 1 saturated carbocycles. The van der Waals surface area contributed by atoms with Gasteiger partial charge in [0, 0.05) is 12.3 Å². The second-order valence-corrected chi connectivity index (χ2v) is 4.72. The van der Waals surface area contributed by atoms with Gasteiger partial charge in [-0.3, -0.25) is 0 Å². The fourth-order valence-electron chi connectivity index (χ4n) is 2.38. The molecule has 0 radical (unpaired) electrons. The lowest BCUT2D eigenvalue weighted by atomic mass is 9.87. The molecule has 0 atom stereocenters. The molecule has 1 aliphatic carbocycles. The molecule has 0 N–H and O–H groups in total. The Hall–Kier alpha value is -0.610. The van der Waals surface area contributed by atoms with E-state index < -0.39 is 11.8 Å². The van der Waals surface area contributed by atoms with Crippen LogP contribution in [0.4, 0.5) is 0 Å². The van der Waals surface area contributed by atoms with Crippen LogP contribution in [0.2, 0.25) is 0 Å². The number of rotatable bonds is 1. The van der Waals surface area contributed by atoms with Crippen LogP contribution in [-0.4, -0.2) is 32.1 Å². The molecular weight excluding hydrogens is 196 g/mol. The van der Waals surface area contributed by atoms with Crippen LogP contribution in [0.25, 0.3) is 0 Å². The Morgan fingerprint density at radius 3 is 2.20 bits per heavy atom. The molecule has 0 amide bonds. The molecule has 1 heterocycles. The highest BCUT2D eigenvalue weighted by Crippen LogP contribution is 2.43. The predicted octanol–water partition coefficient (Wildman–Crippen LogP) is 1.48. The molecule has 1 aliphatic heterocycles. The monoisotopic (exact) mass is 214 g/mol. The van der Waals surface area contributed by atoms with E-state index in [-0.39, 0.29) is 5.41 Å². The number of esters is 1. The van der Waals surface area contributed by atoms with Gasteiger partial charge < -0.3 is 14.2 Å². The predicted molar refractivity (Wildman–Crippen MR) is 53.2 cm³/mol. The maximum atomic E-state index is 11.4. The summed E-state index contributed by atoms with van der Waals surface area (Å²) in [5.74, 6) is -1.64. The van der Waals surface area contributed by atoms with Gasteiger partial charge in [-0.2, -0.15) is 0 Å². The van der Waals surface area contributed by atoms with Crippen molar-refractivity contribution in [1.82, 2.24) is 0 Å². The van der Waals surface area contributed by atoms with Gasteiger partial charge in [-0.15, -0.1) is 0 Å². The molecular formula is C11H18O4. The molecule has 0 unspecified atom stereocenters. The summed E-state index contributed by atoms with van der Waals surface area (Å²) in [6.07, 6.45) is 4.76. The number of carbonyl (C=O) groups is 1. The Bertz CT molecular complexity index is 245. The molecule has 4 nitrogen and oxygen atoms in total. The molecule has 1 saturated heterocycles. The SMILES string of the molecule is COC(=O)C1(C)OCC2(CCCC2)CO1. The Morgan fingerprint density at radius 1 is 1.20 bits per heavy atom. The normalized spacial score (nSPS) is 27.9.